The average molecular weight is 379 g/mol. The van der Waals surface area contributed by atoms with Crippen molar-refractivity contribution in [2.24, 2.45) is 5.73 Å². The number of hydrogen-bond acceptors (Lipinski definition) is 3. The topological polar surface area (TPSA) is 59.1 Å². The van der Waals surface area contributed by atoms with Gasteiger partial charge >= 0.3 is 5.92 Å². The van der Waals surface area contributed by atoms with Gasteiger partial charge in [0.25, 0.3) is 0 Å². The van der Waals surface area contributed by atoms with Crippen LogP contribution in [-0.4, -0.2) is 16.6 Å². The van der Waals surface area contributed by atoms with E-state index in [4.69, 9.17) is 5.73 Å². The van der Waals surface area contributed by atoms with Gasteiger partial charge in [-0.05, 0) is 34.1 Å². The summed E-state index contributed by atoms with van der Waals surface area (Å²) in [5, 5.41) is 10.3. The molecule has 8 heteroatoms. The van der Waals surface area contributed by atoms with Crippen LogP contribution in [0.25, 0.3) is 0 Å². The van der Waals surface area contributed by atoms with Crippen molar-refractivity contribution < 1.29 is 22.7 Å². The van der Waals surface area contributed by atoms with E-state index in [2.05, 4.69) is 20.9 Å². The van der Waals surface area contributed by atoms with Gasteiger partial charge in [0.05, 0.1) is 0 Å². The number of aliphatic hydroxyl groups is 1. The summed E-state index contributed by atoms with van der Waals surface area (Å²) >= 11 is 3.05. The lowest BCUT2D eigenvalue weighted by atomic mass is 9.85. The largest absolute Gasteiger partial charge is 0.377 e. The fraction of sp³-hybridized carbons (Fsp3) is 0.214. The molecule has 1 heterocycles. The SMILES string of the molecule is NCC(O)(c1ccc(F)cc1F)C(F)(F)c1ccc(Br)cn1. The molecule has 3 nitrogen and oxygen atoms in total. The fourth-order valence-electron chi connectivity index (χ4n) is 2.01. The highest BCUT2D eigenvalue weighted by Gasteiger charge is 2.56. The molecule has 0 saturated heterocycles. The number of rotatable bonds is 4. The minimum atomic E-state index is -3.99. The highest BCUT2D eigenvalue weighted by molar-refractivity contribution is 9.10. The van der Waals surface area contributed by atoms with Crippen LogP contribution in [0.2, 0.25) is 0 Å². The molecule has 0 spiro atoms. The molecule has 0 saturated carbocycles. The van der Waals surface area contributed by atoms with Crippen LogP contribution in [0.3, 0.4) is 0 Å². The predicted octanol–water partition coefficient (Wildman–Crippen LogP) is 3.06. The van der Waals surface area contributed by atoms with Gasteiger partial charge in [-0.25, -0.2) is 8.78 Å². The van der Waals surface area contributed by atoms with Crippen LogP contribution in [0.4, 0.5) is 17.6 Å². The molecule has 1 aromatic heterocycles. The predicted molar refractivity (Wildman–Crippen MR) is 75.1 cm³/mol. The summed E-state index contributed by atoms with van der Waals surface area (Å²) in [5.41, 5.74) is 0.623. The third-order valence-electron chi connectivity index (χ3n) is 3.24. The zero-order valence-corrected chi connectivity index (χ0v) is 12.6. The van der Waals surface area contributed by atoms with Crippen molar-refractivity contribution in [3.63, 3.8) is 0 Å². The summed E-state index contributed by atoms with van der Waals surface area (Å²) in [5.74, 6) is -6.25. The van der Waals surface area contributed by atoms with Crippen LogP contribution in [0, 0.1) is 11.6 Å². The minimum Gasteiger partial charge on any atom is -0.377 e. The molecule has 0 fully saturated rings. The summed E-state index contributed by atoms with van der Waals surface area (Å²) in [7, 11) is 0. The van der Waals surface area contributed by atoms with E-state index in [1.54, 1.807) is 0 Å². The Bertz CT molecular complexity index is 681. The van der Waals surface area contributed by atoms with Crippen molar-refractivity contribution in [1.82, 2.24) is 4.98 Å². The first-order chi connectivity index (χ1) is 10.2. The molecular formula is C14H11BrF4N2O. The Morgan fingerprint density at radius 2 is 1.86 bits per heavy atom. The molecular weight excluding hydrogens is 368 g/mol. The van der Waals surface area contributed by atoms with Gasteiger partial charge in [0.15, 0.2) is 5.60 Å². The highest BCUT2D eigenvalue weighted by atomic mass is 79.9. The van der Waals surface area contributed by atoms with E-state index >= 15 is 0 Å². The van der Waals surface area contributed by atoms with Crippen molar-refractivity contribution in [2.45, 2.75) is 11.5 Å². The summed E-state index contributed by atoms with van der Waals surface area (Å²) < 4.78 is 56.5. The van der Waals surface area contributed by atoms with Gasteiger partial charge < -0.3 is 10.8 Å². The molecule has 0 radical (unpaired) electrons. The summed E-state index contributed by atoms with van der Waals surface area (Å²) in [6, 6.07) is 4.19. The van der Waals surface area contributed by atoms with Crippen LogP contribution in [0.5, 0.6) is 0 Å². The average Bonchev–Trinajstić information content (AvgIpc) is 2.46. The third-order valence-corrected chi connectivity index (χ3v) is 3.71. The molecule has 0 bridgehead atoms. The van der Waals surface area contributed by atoms with Crippen LogP contribution < -0.4 is 5.73 Å². The standard InChI is InChI=1S/C14H11BrF4N2O/c15-8-1-4-12(21-6-8)14(18,19)13(22,7-20)10-3-2-9(16)5-11(10)17/h1-6,22H,7,20H2. The van der Waals surface area contributed by atoms with Crippen molar-refractivity contribution in [2.75, 3.05) is 6.54 Å². The first kappa shape index (κ1) is 16.9. The molecule has 2 rings (SSSR count). The second kappa shape index (κ2) is 5.94. The van der Waals surface area contributed by atoms with E-state index in [-0.39, 0.29) is 0 Å². The Balaban J connectivity index is 2.59. The normalized spacial score (nSPS) is 14.7. The number of nitrogens with two attached hydrogens (primary N) is 1. The van der Waals surface area contributed by atoms with Crippen molar-refractivity contribution in [3.05, 3.63) is 63.9 Å². The maximum absolute atomic E-state index is 14.6. The second-order valence-corrected chi connectivity index (χ2v) is 5.54. The molecule has 1 aromatic carbocycles. The minimum absolute atomic E-state index is 0.404. The first-order valence-electron chi connectivity index (χ1n) is 6.10. The molecule has 0 aliphatic heterocycles. The van der Waals surface area contributed by atoms with Crippen LogP contribution in [0.1, 0.15) is 11.3 Å². The highest BCUT2D eigenvalue weighted by Crippen LogP contribution is 2.45. The van der Waals surface area contributed by atoms with Crippen molar-refractivity contribution in [1.29, 1.82) is 0 Å². The number of pyridine rings is 1. The van der Waals surface area contributed by atoms with Crippen molar-refractivity contribution in [3.8, 4) is 0 Å². The van der Waals surface area contributed by atoms with E-state index in [1.165, 1.54) is 6.07 Å². The molecule has 118 valence electrons. The summed E-state index contributed by atoms with van der Waals surface area (Å²) in [6.45, 7) is -0.986. The van der Waals surface area contributed by atoms with Crippen molar-refractivity contribution >= 4 is 15.9 Å². The van der Waals surface area contributed by atoms with Gasteiger partial charge in [-0.1, -0.05) is 6.07 Å². The Morgan fingerprint density at radius 1 is 1.18 bits per heavy atom. The molecule has 0 aliphatic rings. The van der Waals surface area contributed by atoms with Gasteiger partial charge in [-0.2, -0.15) is 8.78 Å². The van der Waals surface area contributed by atoms with Gasteiger partial charge in [0, 0.05) is 28.8 Å². The van der Waals surface area contributed by atoms with Gasteiger partial charge in [0.2, 0.25) is 0 Å². The van der Waals surface area contributed by atoms with E-state index in [1.807, 2.05) is 0 Å². The van der Waals surface area contributed by atoms with E-state index in [0.29, 0.717) is 10.5 Å². The molecule has 3 N–H and O–H groups in total. The maximum atomic E-state index is 14.6. The zero-order valence-electron chi connectivity index (χ0n) is 11.0. The van der Waals surface area contributed by atoms with Gasteiger partial charge in [-0.15, -0.1) is 0 Å². The first-order valence-corrected chi connectivity index (χ1v) is 6.89. The number of halogens is 5. The summed E-state index contributed by atoms with van der Waals surface area (Å²) in [4.78, 5) is 3.53. The van der Waals surface area contributed by atoms with Crippen LogP contribution in [0.15, 0.2) is 41.0 Å². The quantitative estimate of drug-likeness (QED) is 0.803. The van der Waals surface area contributed by atoms with Crippen LogP contribution >= 0.6 is 15.9 Å². The Labute approximate surface area is 131 Å². The van der Waals surface area contributed by atoms with Gasteiger partial charge in [-0.3, -0.25) is 4.98 Å². The smallest absolute Gasteiger partial charge is 0.323 e. The lowest BCUT2D eigenvalue weighted by Crippen LogP contribution is -2.50. The number of benzene rings is 1. The molecule has 2 aromatic rings. The number of aromatic nitrogens is 1. The van der Waals surface area contributed by atoms with Crippen LogP contribution in [-0.2, 0) is 11.5 Å². The number of nitrogens with zero attached hydrogens (tertiary/aromatic N) is 1. The Morgan fingerprint density at radius 3 is 2.36 bits per heavy atom. The lowest BCUT2D eigenvalue weighted by molar-refractivity contribution is -0.193. The zero-order chi connectivity index (χ0) is 16.5. The number of hydrogen-bond donors (Lipinski definition) is 2. The molecule has 1 unspecified atom stereocenters. The monoisotopic (exact) mass is 378 g/mol. The van der Waals surface area contributed by atoms with E-state index in [9.17, 15) is 22.7 Å². The lowest BCUT2D eigenvalue weighted by Gasteiger charge is -2.35. The molecule has 1 atom stereocenters. The number of alkyl halides is 2. The molecule has 22 heavy (non-hydrogen) atoms. The Kier molecular flexibility index (Phi) is 4.55. The second-order valence-electron chi connectivity index (χ2n) is 4.62. The molecule has 0 amide bonds. The third kappa shape index (κ3) is 2.73. The van der Waals surface area contributed by atoms with E-state index in [0.717, 1.165) is 24.4 Å². The van der Waals surface area contributed by atoms with E-state index < -0.39 is 41.0 Å². The van der Waals surface area contributed by atoms with Gasteiger partial charge in [0.1, 0.15) is 17.3 Å². The fourth-order valence-corrected chi connectivity index (χ4v) is 2.24. The maximum Gasteiger partial charge on any atom is 0.323 e. The molecule has 0 aliphatic carbocycles. The Hall–Kier alpha value is -1.51. The summed E-state index contributed by atoms with van der Waals surface area (Å²) in [6.07, 6.45) is 1.11.